The average molecular weight is 298 g/mol. The van der Waals surface area contributed by atoms with Gasteiger partial charge in [0.15, 0.2) is 6.10 Å². The second-order valence-corrected chi connectivity index (χ2v) is 5.04. The van der Waals surface area contributed by atoms with Gasteiger partial charge in [0.25, 0.3) is 0 Å². The largest absolute Gasteiger partial charge is 0.508 e. The fourth-order valence-electron chi connectivity index (χ4n) is 2.46. The lowest BCUT2D eigenvalue weighted by Gasteiger charge is -2.14. The van der Waals surface area contributed by atoms with Gasteiger partial charge in [0.05, 0.1) is 0 Å². The SMILES string of the molecule is O=C(O)/C=C/c1ccc2c(c1)[C@@H](O)[C@H](c1ccc(O)cc1)O2. The van der Waals surface area contributed by atoms with Gasteiger partial charge in [-0.2, -0.15) is 0 Å². The molecule has 2 aromatic rings. The van der Waals surface area contributed by atoms with Crippen molar-refractivity contribution < 1.29 is 24.9 Å². The quantitative estimate of drug-likeness (QED) is 0.758. The molecule has 0 aliphatic carbocycles. The Morgan fingerprint density at radius 3 is 2.55 bits per heavy atom. The third kappa shape index (κ3) is 2.66. The Labute approximate surface area is 126 Å². The number of carboxylic acids is 1. The number of benzene rings is 2. The molecule has 0 amide bonds. The van der Waals surface area contributed by atoms with Crippen LogP contribution >= 0.6 is 0 Å². The maximum atomic E-state index is 10.6. The van der Waals surface area contributed by atoms with Gasteiger partial charge in [-0.1, -0.05) is 18.2 Å². The molecule has 0 spiro atoms. The van der Waals surface area contributed by atoms with Crippen molar-refractivity contribution in [2.75, 3.05) is 0 Å². The highest BCUT2D eigenvalue weighted by Gasteiger charge is 2.34. The van der Waals surface area contributed by atoms with Gasteiger partial charge in [0, 0.05) is 11.6 Å². The number of aromatic hydroxyl groups is 1. The van der Waals surface area contributed by atoms with E-state index in [0.29, 0.717) is 16.9 Å². The van der Waals surface area contributed by atoms with Crippen molar-refractivity contribution in [1.29, 1.82) is 0 Å². The van der Waals surface area contributed by atoms with Crippen molar-refractivity contribution in [3.05, 3.63) is 65.2 Å². The van der Waals surface area contributed by atoms with Gasteiger partial charge in [-0.3, -0.25) is 0 Å². The van der Waals surface area contributed by atoms with E-state index in [9.17, 15) is 15.0 Å². The Kier molecular flexibility index (Phi) is 3.56. The summed E-state index contributed by atoms with van der Waals surface area (Å²) >= 11 is 0. The second kappa shape index (κ2) is 5.54. The minimum atomic E-state index is -1.03. The van der Waals surface area contributed by atoms with E-state index in [4.69, 9.17) is 9.84 Å². The van der Waals surface area contributed by atoms with Crippen LogP contribution in [0.5, 0.6) is 11.5 Å². The summed E-state index contributed by atoms with van der Waals surface area (Å²) in [5.41, 5.74) is 2.05. The minimum Gasteiger partial charge on any atom is -0.508 e. The summed E-state index contributed by atoms with van der Waals surface area (Å²) in [6.07, 6.45) is 1.11. The fourth-order valence-corrected chi connectivity index (χ4v) is 2.46. The van der Waals surface area contributed by atoms with Gasteiger partial charge < -0.3 is 20.1 Å². The van der Waals surface area contributed by atoms with Crippen molar-refractivity contribution in [2.24, 2.45) is 0 Å². The molecule has 2 atom stereocenters. The second-order valence-electron chi connectivity index (χ2n) is 5.04. The van der Waals surface area contributed by atoms with E-state index >= 15 is 0 Å². The highest BCUT2D eigenvalue weighted by molar-refractivity contribution is 5.85. The van der Waals surface area contributed by atoms with Gasteiger partial charge in [-0.15, -0.1) is 0 Å². The Hall–Kier alpha value is -2.79. The predicted octanol–water partition coefficient (Wildman–Crippen LogP) is 2.66. The first kappa shape index (κ1) is 14.2. The first-order valence-corrected chi connectivity index (χ1v) is 6.73. The number of aliphatic carboxylic acids is 1. The molecule has 0 saturated heterocycles. The summed E-state index contributed by atoms with van der Waals surface area (Å²) in [5, 5.41) is 28.4. The number of aliphatic hydroxyl groups excluding tert-OH is 1. The molecule has 3 rings (SSSR count). The number of rotatable bonds is 3. The van der Waals surface area contributed by atoms with Crippen molar-refractivity contribution in [3.8, 4) is 11.5 Å². The van der Waals surface area contributed by atoms with Crippen LogP contribution in [0.4, 0.5) is 0 Å². The van der Waals surface area contributed by atoms with Crippen molar-refractivity contribution in [2.45, 2.75) is 12.2 Å². The van der Waals surface area contributed by atoms with E-state index in [0.717, 1.165) is 11.6 Å². The average Bonchev–Trinajstić information content (AvgIpc) is 2.83. The van der Waals surface area contributed by atoms with E-state index in [1.807, 2.05) is 0 Å². The summed E-state index contributed by atoms with van der Waals surface area (Å²) in [5.74, 6) is -0.313. The van der Waals surface area contributed by atoms with Crippen LogP contribution in [0.15, 0.2) is 48.5 Å². The number of phenols is 1. The number of phenolic OH excluding ortho intramolecular Hbond substituents is 1. The molecule has 112 valence electrons. The zero-order valence-corrected chi connectivity index (χ0v) is 11.5. The van der Waals surface area contributed by atoms with Crippen LogP contribution in [0.25, 0.3) is 6.08 Å². The van der Waals surface area contributed by atoms with E-state index < -0.39 is 18.2 Å². The van der Waals surface area contributed by atoms with Crippen LogP contribution in [-0.4, -0.2) is 21.3 Å². The summed E-state index contributed by atoms with van der Waals surface area (Å²) in [6.45, 7) is 0. The molecule has 3 N–H and O–H groups in total. The molecular formula is C17H14O5. The normalized spacial score (nSPS) is 19.9. The third-order valence-corrected chi connectivity index (χ3v) is 3.53. The lowest BCUT2D eigenvalue weighted by molar-refractivity contribution is -0.131. The van der Waals surface area contributed by atoms with Crippen LogP contribution < -0.4 is 4.74 Å². The summed E-state index contributed by atoms with van der Waals surface area (Å²) in [6, 6.07) is 11.6. The lowest BCUT2D eigenvalue weighted by Crippen LogP contribution is -2.08. The third-order valence-electron chi connectivity index (χ3n) is 3.53. The molecule has 0 bridgehead atoms. The van der Waals surface area contributed by atoms with Crippen LogP contribution in [0.3, 0.4) is 0 Å². The maximum Gasteiger partial charge on any atom is 0.328 e. The van der Waals surface area contributed by atoms with E-state index in [2.05, 4.69) is 0 Å². The molecule has 0 fully saturated rings. The van der Waals surface area contributed by atoms with Gasteiger partial charge >= 0.3 is 5.97 Å². The topological polar surface area (TPSA) is 87.0 Å². The van der Waals surface area contributed by atoms with Gasteiger partial charge in [0.2, 0.25) is 0 Å². The maximum absolute atomic E-state index is 10.6. The van der Waals surface area contributed by atoms with Crippen LogP contribution in [-0.2, 0) is 4.79 Å². The zero-order valence-electron chi connectivity index (χ0n) is 11.5. The van der Waals surface area contributed by atoms with Crippen molar-refractivity contribution in [3.63, 3.8) is 0 Å². The van der Waals surface area contributed by atoms with Gasteiger partial charge in [0.1, 0.15) is 17.6 Å². The number of carboxylic acid groups (broad SMARTS) is 1. The van der Waals surface area contributed by atoms with Crippen molar-refractivity contribution >= 4 is 12.0 Å². The van der Waals surface area contributed by atoms with Crippen LogP contribution in [0.1, 0.15) is 28.9 Å². The van der Waals surface area contributed by atoms with E-state index in [1.54, 1.807) is 30.3 Å². The molecule has 1 heterocycles. The molecular weight excluding hydrogens is 284 g/mol. The smallest absolute Gasteiger partial charge is 0.328 e. The van der Waals surface area contributed by atoms with E-state index in [-0.39, 0.29) is 5.75 Å². The Bertz CT molecular complexity index is 733. The number of fused-ring (bicyclic) bond motifs is 1. The van der Waals surface area contributed by atoms with Crippen LogP contribution in [0, 0.1) is 0 Å². The number of aliphatic hydroxyl groups is 1. The van der Waals surface area contributed by atoms with Crippen molar-refractivity contribution in [1.82, 2.24) is 0 Å². The minimum absolute atomic E-state index is 0.148. The van der Waals surface area contributed by atoms with E-state index in [1.165, 1.54) is 18.2 Å². The number of carbonyl (C=O) groups is 1. The Morgan fingerprint density at radius 1 is 1.14 bits per heavy atom. The molecule has 1 aliphatic rings. The summed E-state index contributed by atoms with van der Waals surface area (Å²) in [7, 11) is 0. The Morgan fingerprint density at radius 2 is 1.86 bits per heavy atom. The first-order valence-electron chi connectivity index (χ1n) is 6.73. The molecule has 2 aromatic carbocycles. The molecule has 0 radical (unpaired) electrons. The molecule has 5 heteroatoms. The van der Waals surface area contributed by atoms with Gasteiger partial charge in [-0.05, 0) is 41.5 Å². The summed E-state index contributed by atoms with van der Waals surface area (Å²) < 4.78 is 5.75. The number of hydrogen-bond donors (Lipinski definition) is 3. The first-order chi connectivity index (χ1) is 10.5. The van der Waals surface area contributed by atoms with Crippen LogP contribution in [0.2, 0.25) is 0 Å². The zero-order chi connectivity index (χ0) is 15.7. The molecule has 0 aromatic heterocycles. The molecule has 22 heavy (non-hydrogen) atoms. The summed E-state index contributed by atoms with van der Waals surface area (Å²) in [4.78, 5) is 10.6. The molecule has 5 nitrogen and oxygen atoms in total. The molecule has 0 unspecified atom stereocenters. The van der Waals surface area contributed by atoms with Gasteiger partial charge in [-0.25, -0.2) is 4.79 Å². The highest BCUT2D eigenvalue weighted by Crippen LogP contribution is 2.45. The molecule has 0 saturated carbocycles. The molecule has 1 aliphatic heterocycles. The number of hydrogen-bond acceptors (Lipinski definition) is 4. The lowest BCUT2D eigenvalue weighted by atomic mass is 9.99. The number of ether oxygens (including phenoxy) is 1. The predicted molar refractivity (Wildman–Crippen MR) is 79.5 cm³/mol. The monoisotopic (exact) mass is 298 g/mol. The highest BCUT2D eigenvalue weighted by atomic mass is 16.5. The Balaban J connectivity index is 1.89. The standard InChI is InChI=1S/C17H14O5/c18-12-5-3-11(4-6-12)17-16(21)13-9-10(2-8-15(19)20)1-7-14(13)22-17/h1-9,16-18,21H,(H,19,20)/b8-2+/t16-,17+/m1/s1. The fraction of sp³-hybridized carbons (Fsp3) is 0.118.